The molecule has 0 saturated heterocycles. The van der Waals surface area contributed by atoms with Crippen LogP contribution in [0.1, 0.15) is 19.4 Å². The fraction of sp³-hybridized carbons (Fsp3) is 0.208. The molecule has 3 aromatic rings. The number of para-hydroxylation sites is 1. The van der Waals surface area contributed by atoms with Gasteiger partial charge in [-0.3, -0.25) is 11.8 Å². The van der Waals surface area contributed by atoms with Gasteiger partial charge in [0.25, 0.3) is 0 Å². The average Bonchev–Trinajstić information content (AvgIpc) is 3.21. The van der Waals surface area contributed by atoms with Crippen LogP contribution >= 0.6 is 0 Å². The van der Waals surface area contributed by atoms with Gasteiger partial charge in [0.05, 0.1) is 12.1 Å². The van der Waals surface area contributed by atoms with Crippen molar-refractivity contribution in [1.29, 1.82) is 5.26 Å². The molecule has 8 nitrogen and oxygen atoms in total. The van der Waals surface area contributed by atoms with Crippen molar-refractivity contribution < 1.29 is 42.3 Å². The number of rotatable bonds is 6. The normalized spacial score (nSPS) is 11.6. The van der Waals surface area contributed by atoms with Gasteiger partial charge in [-0.05, 0) is 48.4 Å². The van der Waals surface area contributed by atoms with E-state index in [1.165, 1.54) is 0 Å². The van der Waals surface area contributed by atoms with Gasteiger partial charge in [-0.2, -0.15) is 5.26 Å². The maximum absolute atomic E-state index is 12.4. The molecule has 0 spiro atoms. The van der Waals surface area contributed by atoms with Crippen LogP contribution in [0.3, 0.4) is 0 Å². The minimum absolute atomic E-state index is 0. The molecule has 5 N–H and O–H groups in total. The number of amides is 3. The largest absolute Gasteiger partial charge is 0.505 e. The summed E-state index contributed by atoms with van der Waals surface area (Å²) in [7, 11) is 3.56. The topological polar surface area (TPSA) is 127 Å². The van der Waals surface area contributed by atoms with E-state index in [0.29, 0.717) is 11.4 Å². The van der Waals surface area contributed by atoms with Gasteiger partial charge in [0.15, 0.2) is 0 Å². The molecule has 3 rings (SSSR count). The molecule has 1 radical (unpaired) electrons. The van der Waals surface area contributed by atoms with Crippen LogP contribution in [0.4, 0.5) is 16.2 Å². The number of nitrogens with two attached hydrogens (primary N) is 1. The first-order chi connectivity index (χ1) is 15.4. The predicted octanol–water partition coefficient (Wildman–Crippen LogP) is 4.05. The Kier molecular flexibility index (Phi) is 11.8. The van der Waals surface area contributed by atoms with Gasteiger partial charge >= 0.3 is 6.03 Å². The molecule has 2 unspecified atom stereocenters. The number of carbonyl (C=O) groups excluding carboxylic acids is 2. The standard InChI is InChI=1S/C22H22N6O2.C2H6.Y/c1-14(12-23)28(2)21(29)19(24)10-15-13-25-20-9-8-17(11-18(15)20)27-22(30)26-16-6-4-3-5-7-16;1-2;/h3-9,11,13-14,19,25H,1-2,10,24H2,(H2,26,27,30);1-2H3;/q-2;;. The minimum Gasteiger partial charge on any atom is -0.505 e. The molecule has 0 fully saturated rings. The van der Waals surface area contributed by atoms with Crippen molar-refractivity contribution in [2.24, 2.45) is 5.73 Å². The predicted molar refractivity (Wildman–Crippen MR) is 127 cm³/mol. The molecule has 0 aliphatic carbocycles. The molecule has 0 aliphatic heterocycles. The Balaban J connectivity index is 0.00000177. The second-order valence-corrected chi connectivity index (χ2v) is 6.78. The van der Waals surface area contributed by atoms with E-state index in [1.807, 2.05) is 50.2 Å². The fourth-order valence-electron chi connectivity index (χ4n) is 3.00. The Bertz CT molecular complexity index is 1090. The third-order valence-corrected chi connectivity index (χ3v) is 4.62. The molecule has 3 amide bonds. The van der Waals surface area contributed by atoms with Crippen LogP contribution in [-0.2, 0) is 43.9 Å². The van der Waals surface area contributed by atoms with Crippen LogP contribution in [0.2, 0.25) is 0 Å². The first kappa shape index (κ1) is 28.3. The second kappa shape index (κ2) is 13.7. The maximum Gasteiger partial charge on any atom is 0.323 e. The molecular formula is C24H28N6O2Y-2. The monoisotopic (exact) mass is 521 g/mol. The van der Waals surface area contributed by atoms with Crippen molar-refractivity contribution >= 4 is 34.2 Å². The van der Waals surface area contributed by atoms with Crippen molar-refractivity contribution in [3.63, 3.8) is 0 Å². The Hall–Kier alpha value is -2.73. The summed E-state index contributed by atoms with van der Waals surface area (Å²) in [4.78, 5) is 28.7. The first-order valence-electron chi connectivity index (χ1n) is 10.2. The van der Waals surface area contributed by atoms with Crippen molar-refractivity contribution in [3.05, 3.63) is 74.3 Å². The molecule has 171 valence electrons. The number of fused-ring (bicyclic) bond motifs is 1. The molecular weight excluding hydrogens is 493 g/mol. The first-order valence-corrected chi connectivity index (χ1v) is 10.2. The maximum atomic E-state index is 12.4. The molecule has 33 heavy (non-hydrogen) atoms. The van der Waals surface area contributed by atoms with E-state index in [1.54, 1.807) is 24.4 Å². The van der Waals surface area contributed by atoms with Crippen LogP contribution in [0.15, 0.2) is 54.7 Å². The van der Waals surface area contributed by atoms with Crippen molar-refractivity contribution in [1.82, 2.24) is 9.88 Å². The van der Waals surface area contributed by atoms with E-state index < -0.39 is 18.0 Å². The number of carbonyl (C=O) groups is 2. The summed E-state index contributed by atoms with van der Waals surface area (Å²) in [5, 5.41) is 15.3. The number of benzene rings is 2. The molecule has 1 heterocycles. The van der Waals surface area contributed by atoms with Crippen LogP contribution < -0.4 is 16.4 Å². The number of urea groups is 1. The number of nitrogens with zero attached hydrogens (tertiary/aromatic N) is 2. The number of aromatic amines is 1. The fourth-order valence-corrected chi connectivity index (χ4v) is 3.00. The number of nitrogens with one attached hydrogen (secondary N) is 3. The summed E-state index contributed by atoms with van der Waals surface area (Å²) < 4.78 is 0. The van der Waals surface area contributed by atoms with E-state index in [0.717, 1.165) is 21.4 Å². The zero-order valence-corrected chi connectivity index (χ0v) is 21.7. The van der Waals surface area contributed by atoms with Crippen molar-refractivity contribution in [2.45, 2.75) is 32.4 Å². The minimum atomic E-state index is -0.912. The van der Waals surface area contributed by atoms with Crippen LogP contribution in [0.25, 0.3) is 10.9 Å². The van der Waals surface area contributed by atoms with Gasteiger partial charge in [0, 0.05) is 61.2 Å². The summed E-state index contributed by atoms with van der Waals surface area (Å²) >= 11 is 0. The van der Waals surface area contributed by atoms with Crippen molar-refractivity contribution in [2.75, 3.05) is 10.6 Å². The Labute approximate surface area is 219 Å². The van der Waals surface area contributed by atoms with E-state index in [2.05, 4.69) is 29.6 Å². The summed E-state index contributed by atoms with van der Waals surface area (Å²) in [5.74, 6) is -0.470. The number of nitriles is 1. The molecule has 0 aliphatic rings. The summed E-state index contributed by atoms with van der Waals surface area (Å²) in [6.45, 7) is 7.55. The zero-order valence-electron chi connectivity index (χ0n) is 18.8. The molecule has 0 saturated carbocycles. The van der Waals surface area contributed by atoms with Gasteiger partial charge in [0.1, 0.15) is 0 Å². The number of anilines is 2. The Morgan fingerprint density at radius 1 is 1.15 bits per heavy atom. The second-order valence-electron chi connectivity index (χ2n) is 6.78. The summed E-state index contributed by atoms with van der Waals surface area (Å²) in [6.07, 6.45) is 2.01. The van der Waals surface area contributed by atoms with E-state index in [9.17, 15) is 9.59 Å². The number of aromatic nitrogens is 1. The van der Waals surface area contributed by atoms with Gasteiger partial charge in [-0.1, -0.05) is 32.0 Å². The molecule has 1 aromatic heterocycles. The smallest absolute Gasteiger partial charge is 0.323 e. The van der Waals surface area contributed by atoms with Crippen LogP contribution in [-0.4, -0.2) is 33.9 Å². The zero-order chi connectivity index (χ0) is 23.7. The Morgan fingerprint density at radius 3 is 2.42 bits per heavy atom. The van der Waals surface area contributed by atoms with Gasteiger partial charge < -0.3 is 33.2 Å². The van der Waals surface area contributed by atoms with Crippen LogP contribution in [0.5, 0.6) is 0 Å². The SMILES string of the molecule is CC.[CH2-]C(C#N)N([CH2-])C(=O)C(N)Cc1c[nH]c2ccc(NC(=O)Nc3ccccc3)cc12.[Y]. The number of hydrogen-bond donors (Lipinski definition) is 4. The Morgan fingerprint density at radius 2 is 1.79 bits per heavy atom. The molecule has 2 atom stereocenters. The van der Waals surface area contributed by atoms with E-state index in [4.69, 9.17) is 11.0 Å². The third kappa shape index (κ3) is 7.67. The van der Waals surface area contributed by atoms with Crippen molar-refractivity contribution in [3.8, 4) is 6.07 Å². The molecule has 2 aromatic carbocycles. The van der Waals surface area contributed by atoms with E-state index in [-0.39, 0.29) is 45.2 Å². The van der Waals surface area contributed by atoms with Gasteiger partial charge in [-0.15, -0.1) is 0 Å². The number of H-pyrrole nitrogens is 1. The number of hydrogen-bond acceptors (Lipinski definition) is 4. The van der Waals surface area contributed by atoms with Gasteiger partial charge in [-0.25, -0.2) is 4.79 Å². The summed E-state index contributed by atoms with van der Waals surface area (Å²) in [6, 6.07) is 14.2. The molecule has 9 heteroatoms. The van der Waals surface area contributed by atoms with Crippen LogP contribution in [0, 0.1) is 25.3 Å². The quantitative estimate of drug-likeness (QED) is 0.365. The molecule has 0 bridgehead atoms. The third-order valence-electron chi connectivity index (χ3n) is 4.62. The average molecular weight is 521 g/mol. The van der Waals surface area contributed by atoms with Gasteiger partial charge in [0.2, 0.25) is 5.91 Å². The van der Waals surface area contributed by atoms with E-state index >= 15 is 0 Å². The summed E-state index contributed by atoms with van der Waals surface area (Å²) in [5.41, 5.74) is 8.97.